The minimum atomic E-state index is -0.0507. The van der Waals surface area contributed by atoms with Gasteiger partial charge in [-0.1, -0.05) is 37.3 Å². The molecule has 0 bridgehead atoms. The standard InChI is InChI=1S/C13H19NO2/c1-3-11(2)14-13(15)10-16-9-12-7-5-4-6-8-12/h4-8,11H,3,9-10H2,1-2H3,(H,14,15)/t11-/m0/s1. The molecule has 0 aliphatic rings. The van der Waals surface area contributed by atoms with E-state index >= 15 is 0 Å². The number of nitrogens with one attached hydrogen (secondary N) is 1. The molecule has 0 saturated carbocycles. The van der Waals surface area contributed by atoms with E-state index in [0.29, 0.717) is 6.61 Å². The van der Waals surface area contributed by atoms with Crippen LogP contribution >= 0.6 is 0 Å². The van der Waals surface area contributed by atoms with Gasteiger partial charge < -0.3 is 10.1 Å². The van der Waals surface area contributed by atoms with Crippen LogP contribution in [0.2, 0.25) is 0 Å². The molecular weight excluding hydrogens is 202 g/mol. The average molecular weight is 221 g/mol. The van der Waals surface area contributed by atoms with Crippen LogP contribution in [-0.2, 0) is 16.1 Å². The largest absolute Gasteiger partial charge is 0.367 e. The third-order valence-electron chi connectivity index (χ3n) is 2.36. The SMILES string of the molecule is CC[C@H](C)NC(=O)COCc1ccccc1. The zero-order chi connectivity index (χ0) is 11.8. The van der Waals surface area contributed by atoms with Gasteiger partial charge in [0.05, 0.1) is 6.61 Å². The van der Waals surface area contributed by atoms with Crippen LogP contribution in [-0.4, -0.2) is 18.6 Å². The summed E-state index contributed by atoms with van der Waals surface area (Å²) in [4.78, 5) is 11.4. The Morgan fingerprint density at radius 3 is 2.69 bits per heavy atom. The number of rotatable bonds is 6. The summed E-state index contributed by atoms with van der Waals surface area (Å²) >= 11 is 0. The Morgan fingerprint density at radius 2 is 2.06 bits per heavy atom. The van der Waals surface area contributed by atoms with Crippen molar-refractivity contribution >= 4 is 5.91 Å². The predicted octanol–water partition coefficient (Wildman–Crippen LogP) is 2.12. The van der Waals surface area contributed by atoms with Crippen molar-refractivity contribution in [3.05, 3.63) is 35.9 Å². The second-order valence-electron chi connectivity index (χ2n) is 3.86. The Balaban J connectivity index is 2.18. The summed E-state index contributed by atoms with van der Waals surface area (Å²) in [5.74, 6) is -0.0507. The smallest absolute Gasteiger partial charge is 0.246 e. The summed E-state index contributed by atoms with van der Waals surface area (Å²) in [6.45, 7) is 4.62. The molecular formula is C13H19NO2. The predicted molar refractivity (Wildman–Crippen MR) is 64.0 cm³/mol. The molecule has 1 aromatic carbocycles. The fourth-order valence-corrected chi connectivity index (χ4v) is 1.25. The molecule has 1 atom stereocenters. The summed E-state index contributed by atoms with van der Waals surface area (Å²) in [6.07, 6.45) is 0.935. The molecule has 0 heterocycles. The van der Waals surface area contributed by atoms with Gasteiger partial charge in [-0.3, -0.25) is 4.79 Å². The molecule has 0 spiro atoms. The molecule has 1 rings (SSSR count). The van der Waals surface area contributed by atoms with Crippen LogP contribution in [0.1, 0.15) is 25.8 Å². The minimum absolute atomic E-state index is 0.0507. The van der Waals surface area contributed by atoms with Gasteiger partial charge in [-0.05, 0) is 18.9 Å². The van der Waals surface area contributed by atoms with Crippen LogP contribution in [0.15, 0.2) is 30.3 Å². The van der Waals surface area contributed by atoms with Crippen LogP contribution in [0.4, 0.5) is 0 Å². The van der Waals surface area contributed by atoms with Crippen molar-refractivity contribution < 1.29 is 9.53 Å². The van der Waals surface area contributed by atoms with Crippen LogP contribution in [0.5, 0.6) is 0 Å². The number of amides is 1. The van der Waals surface area contributed by atoms with Crippen molar-refractivity contribution in [3.8, 4) is 0 Å². The number of carbonyl (C=O) groups is 1. The maximum atomic E-state index is 11.4. The second-order valence-corrected chi connectivity index (χ2v) is 3.86. The number of carbonyl (C=O) groups excluding carboxylic acids is 1. The molecule has 0 saturated heterocycles. The lowest BCUT2D eigenvalue weighted by atomic mass is 10.2. The van der Waals surface area contributed by atoms with Gasteiger partial charge in [0.25, 0.3) is 0 Å². The lowest BCUT2D eigenvalue weighted by molar-refractivity contribution is -0.126. The summed E-state index contributed by atoms with van der Waals surface area (Å²) in [5.41, 5.74) is 1.08. The van der Waals surface area contributed by atoms with E-state index in [1.54, 1.807) is 0 Å². The molecule has 16 heavy (non-hydrogen) atoms. The summed E-state index contributed by atoms with van der Waals surface area (Å²) < 4.78 is 5.31. The van der Waals surface area contributed by atoms with Crippen molar-refractivity contribution in [3.63, 3.8) is 0 Å². The molecule has 1 N–H and O–H groups in total. The van der Waals surface area contributed by atoms with E-state index in [9.17, 15) is 4.79 Å². The molecule has 1 amide bonds. The van der Waals surface area contributed by atoms with Crippen LogP contribution in [0, 0.1) is 0 Å². The number of benzene rings is 1. The molecule has 0 unspecified atom stereocenters. The molecule has 0 radical (unpaired) electrons. The monoisotopic (exact) mass is 221 g/mol. The lowest BCUT2D eigenvalue weighted by Crippen LogP contribution is -2.34. The van der Waals surface area contributed by atoms with Crippen LogP contribution in [0.25, 0.3) is 0 Å². The fourth-order valence-electron chi connectivity index (χ4n) is 1.25. The lowest BCUT2D eigenvalue weighted by Gasteiger charge is -2.11. The zero-order valence-electron chi connectivity index (χ0n) is 9.90. The Morgan fingerprint density at radius 1 is 1.38 bits per heavy atom. The van der Waals surface area contributed by atoms with E-state index in [0.717, 1.165) is 12.0 Å². The first-order valence-electron chi connectivity index (χ1n) is 5.63. The van der Waals surface area contributed by atoms with Crippen LogP contribution in [0.3, 0.4) is 0 Å². The van der Waals surface area contributed by atoms with Crippen molar-refractivity contribution in [2.75, 3.05) is 6.61 Å². The highest BCUT2D eigenvalue weighted by molar-refractivity contribution is 5.77. The van der Waals surface area contributed by atoms with Crippen molar-refractivity contribution in [2.45, 2.75) is 32.9 Å². The van der Waals surface area contributed by atoms with Gasteiger partial charge in [0.15, 0.2) is 0 Å². The van der Waals surface area contributed by atoms with Gasteiger partial charge in [-0.2, -0.15) is 0 Å². The first-order chi connectivity index (χ1) is 7.72. The van der Waals surface area contributed by atoms with E-state index in [4.69, 9.17) is 4.74 Å². The number of hydrogen-bond donors (Lipinski definition) is 1. The number of hydrogen-bond acceptors (Lipinski definition) is 2. The van der Waals surface area contributed by atoms with E-state index in [1.165, 1.54) is 0 Å². The summed E-state index contributed by atoms with van der Waals surface area (Å²) in [7, 11) is 0. The van der Waals surface area contributed by atoms with E-state index in [2.05, 4.69) is 5.32 Å². The topological polar surface area (TPSA) is 38.3 Å². The average Bonchev–Trinajstić information content (AvgIpc) is 2.30. The summed E-state index contributed by atoms with van der Waals surface area (Å²) in [6, 6.07) is 10.0. The minimum Gasteiger partial charge on any atom is -0.367 e. The van der Waals surface area contributed by atoms with Crippen molar-refractivity contribution in [2.24, 2.45) is 0 Å². The molecule has 0 aromatic heterocycles. The third kappa shape index (κ3) is 4.94. The van der Waals surface area contributed by atoms with Gasteiger partial charge in [0.2, 0.25) is 5.91 Å². The Labute approximate surface area is 96.8 Å². The van der Waals surface area contributed by atoms with Gasteiger partial charge in [-0.25, -0.2) is 0 Å². The molecule has 1 aromatic rings. The third-order valence-corrected chi connectivity index (χ3v) is 2.36. The van der Waals surface area contributed by atoms with Gasteiger partial charge in [0, 0.05) is 6.04 Å². The van der Waals surface area contributed by atoms with E-state index in [1.807, 2.05) is 44.2 Å². The van der Waals surface area contributed by atoms with E-state index in [-0.39, 0.29) is 18.6 Å². The normalized spacial score (nSPS) is 12.1. The first kappa shape index (κ1) is 12.7. The molecule has 0 aliphatic heterocycles. The maximum absolute atomic E-state index is 11.4. The Hall–Kier alpha value is -1.35. The van der Waals surface area contributed by atoms with Crippen molar-refractivity contribution in [1.29, 1.82) is 0 Å². The van der Waals surface area contributed by atoms with E-state index < -0.39 is 0 Å². The van der Waals surface area contributed by atoms with Gasteiger partial charge in [-0.15, -0.1) is 0 Å². The maximum Gasteiger partial charge on any atom is 0.246 e. The molecule has 88 valence electrons. The zero-order valence-corrected chi connectivity index (χ0v) is 9.90. The quantitative estimate of drug-likeness (QED) is 0.799. The number of ether oxygens (including phenoxy) is 1. The molecule has 0 aliphatic carbocycles. The highest BCUT2D eigenvalue weighted by atomic mass is 16.5. The van der Waals surface area contributed by atoms with Gasteiger partial charge in [0.1, 0.15) is 6.61 Å². The Bertz CT molecular complexity index is 311. The highest BCUT2D eigenvalue weighted by Gasteiger charge is 2.04. The van der Waals surface area contributed by atoms with Crippen molar-refractivity contribution in [1.82, 2.24) is 5.32 Å². The van der Waals surface area contributed by atoms with Crippen LogP contribution < -0.4 is 5.32 Å². The summed E-state index contributed by atoms with van der Waals surface area (Å²) in [5, 5.41) is 2.85. The first-order valence-corrected chi connectivity index (χ1v) is 5.63. The molecule has 0 fully saturated rings. The second kappa shape index (κ2) is 7.01. The Kier molecular flexibility index (Phi) is 5.57. The highest BCUT2D eigenvalue weighted by Crippen LogP contribution is 2.00. The molecule has 3 nitrogen and oxygen atoms in total. The van der Waals surface area contributed by atoms with Gasteiger partial charge >= 0.3 is 0 Å². The fraction of sp³-hybridized carbons (Fsp3) is 0.462. The molecule has 3 heteroatoms.